The van der Waals surface area contributed by atoms with E-state index in [2.05, 4.69) is 15.9 Å². The number of rotatable bonds is 5. The minimum Gasteiger partial charge on any atom is -0.478 e. The molecule has 1 aromatic carbocycles. The SMILES string of the molecule is O=C(O)c1ccc(F)c(C(O)C(O)CCBr)c1. The van der Waals surface area contributed by atoms with Crippen molar-refractivity contribution in [1.82, 2.24) is 0 Å². The summed E-state index contributed by atoms with van der Waals surface area (Å²) in [4.78, 5) is 10.7. The average Bonchev–Trinajstić information content (AvgIpc) is 2.28. The number of hydrogen-bond acceptors (Lipinski definition) is 3. The molecule has 4 nitrogen and oxygen atoms in total. The molecule has 0 aliphatic carbocycles. The molecule has 0 spiro atoms. The van der Waals surface area contributed by atoms with E-state index in [1.807, 2.05) is 0 Å². The van der Waals surface area contributed by atoms with Crippen molar-refractivity contribution in [2.24, 2.45) is 0 Å². The number of hydrogen-bond donors (Lipinski definition) is 3. The van der Waals surface area contributed by atoms with Gasteiger partial charge in [-0.25, -0.2) is 9.18 Å². The van der Waals surface area contributed by atoms with E-state index in [9.17, 15) is 19.4 Å². The number of benzene rings is 1. The summed E-state index contributed by atoms with van der Waals surface area (Å²) in [5.74, 6) is -1.95. The van der Waals surface area contributed by atoms with Crippen LogP contribution in [0.15, 0.2) is 18.2 Å². The van der Waals surface area contributed by atoms with Gasteiger partial charge in [0.15, 0.2) is 0 Å². The highest BCUT2D eigenvalue weighted by molar-refractivity contribution is 9.09. The quantitative estimate of drug-likeness (QED) is 0.724. The minimum absolute atomic E-state index is 0.133. The largest absolute Gasteiger partial charge is 0.478 e. The van der Waals surface area contributed by atoms with Crippen LogP contribution in [0.4, 0.5) is 4.39 Å². The van der Waals surface area contributed by atoms with E-state index in [4.69, 9.17) is 5.11 Å². The predicted molar refractivity (Wildman–Crippen MR) is 62.7 cm³/mol. The standard InChI is InChI=1S/C11H12BrFO4/c12-4-3-9(14)10(15)7-5-6(11(16)17)1-2-8(7)13/h1-2,5,9-10,14-15H,3-4H2,(H,16,17). The van der Waals surface area contributed by atoms with Crippen molar-refractivity contribution < 1.29 is 24.5 Å². The molecule has 0 bridgehead atoms. The summed E-state index contributed by atoms with van der Waals surface area (Å²) < 4.78 is 13.4. The molecule has 6 heteroatoms. The van der Waals surface area contributed by atoms with Gasteiger partial charge in [-0.1, -0.05) is 15.9 Å². The zero-order valence-corrected chi connectivity index (χ0v) is 10.4. The van der Waals surface area contributed by atoms with E-state index in [1.54, 1.807) is 0 Å². The first-order valence-corrected chi connectivity index (χ1v) is 6.04. The summed E-state index contributed by atoms with van der Waals surface area (Å²) in [5, 5.41) is 28.4. The van der Waals surface area contributed by atoms with Crippen molar-refractivity contribution in [3.63, 3.8) is 0 Å². The van der Waals surface area contributed by atoms with E-state index in [0.29, 0.717) is 5.33 Å². The second-order valence-electron chi connectivity index (χ2n) is 3.53. The number of carboxylic acid groups (broad SMARTS) is 1. The molecule has 2 unspecified atom stereocenters. The van der Waals surface area contributed by atoms with Gasteiger partial charge in [-0.05, 0) is 24.6 Å². The summed E-state index contributed by atoms with van der Waals surface area (Å²) in [7, 11) is 0. The van der Waals surface area contributed by atoms with Crippen LogP contribution in [-0.4, -0.2) is 32.7 Å². The normalized spacial score (nSPS) is 14.4. The topological polar surface area (TPSA) is 77.8 Å². The van der Waals surface area contributed by atoms with Crippen LogP contribution in [0, 0.1) is 5.82 Å². The molecule has 0 aromatic heterocycles. The molecule has 94 valence electrons. The minimum atomic E-state index is -1.44. The van der Waals surface area contributed by atoms with Crippen LogP contribution >= 0.6 is 15.9 Å². The van der Waals surface area contributed by atoms with Crippen LogP contribution in [0.5, 0.6) is 0 Å². The van der Waals surface area contributed by atoms with Gasteiger partial charge < -0.3 is 15.3 Å². The monoisotopic (exact) mass is 306 g/mol. The first-order valence-electron chi connectivity index (χ1n) is 4.92. The Hall–Kier alpha value is -0.980. The van der Waals surface area contributed by atoms with Crippen LogP contribution < -0.4 is 0 Å². The van der Waals surface area contributed by atoms with Crippen molar-refractivity contribution in [1.29, 1.82) is 0 Å². The van der Waals surface area contributed by atoms with Crippen LogP contribution in [0.2, 0.25) is 0 Å². The maximum absolute atomic E-state index is 13.4. The van der Waals surface area contributed by atoms with Crippen LogP contribution in [0.25, 0.3) is 0 Å². The van der Waals surface area contributed by atoms with Crippen molar-refractivity contribution in [3.8, 4) is 0 Å². The second kappa shape index (κ2) is 6.09. The third-order valence-electron chi connectivity index (χ3n) is 2.33. The van der Waals surface area contributed by atoms with E-state index in [0.717, 1.165) is 18.2 Å². The Kier molecular flexibility index (Phi) is 5.04. The van der Waals surface area contributed by atoms with Gasteiger partial charge in [0.25, 0.3) is 0 Å². The molecule has 0 fully saturated rings. The van der Waals surface area contributed by atoms with E-state index >= 15 is 0 Å². The highest BCUT2D eigenvalue weighted by atomic mass is 79.9. The Morgan fingerprint density at radius 2 is 2.06 bits per heavy atom. The number of alkyl halides is 1. The maximum atomic E-state index is 13.4. The van der Waals surface area contributed by atoms with Crippen molar-refractivity contribution in [3.05, 3.63) is 35.1 Å². The van der Waals surface area contributed by atoms with Gasteiger partial charge in [0.2, 0.25) is 0 Å². The number of aliphatic hydroxyl groups excluding tert-OH is 2. The van der Waals surface area contributed by atoms with E-state index < -0.39 is 24.0 Å². The molecule has 0 heterocycles. The first kappa shape index (κ1) is 14.1. The smallest absolute Gasteiger partial charge is 0.335 e. The molecule has 0 aliphatic rings. The van der Waals surface area contributed by atoms with Crippen LogP contribution in [-0.2, 0) is 0 Å². The summed E-state index contributed by atoms with van der Waals surface area (Å²) >= 11 is 3.09. The number of aliphatic hydroxyl groups is 2. The predicted octanol–water partition coefficient (Wildman–Crippen LogP) is 1.70. The Balaban J connectivity index is 3.03. The lowest BCUT2D eigenvalue weighted by Crippen LogP contribution is -2.20. The Morgan fingerprint density at radius 1 is 1.41 bits per heavy atom. The summed E-state index contributed by atoms with van der Waals surface area (Å²) in [6.07, 6.45) is -2.35. The number of aromatic carboxylic acids is 1. The second-order valence-corrected chi connectivity index (χ2v) is 4.32. The van der Waals surface area contributed by atoms with E-state index in [-0.39, 0.29) is 17.5 Å². The molecule has 0 aliphatic heterocycles. The van der Waals surface area contributed by atoms with Crippen LogP contribution in [0.3, 0.4) is 0 Å². The zero-order valence-electron chi connectivity index (χ0n) is 8.81. The van der Waals surface area contributed by atoms with Crippen molar-refractivity contribution >= 4 is 21.9 Å². The molecule has 0 saturated carbocycles. The molecule has 17 heavy (non-hydrogen) atoms. The third-order valence-corrected chi connectivity index (χ3v) is 2.79. The summed E-state index contributed by atoms with van der Waals surface area (Å²) in [6, 6.07) is 3.09. The van der Waals surface area contributed by atoms with Crippen LogP contribution in [0.1, 0.15) is 28.4 Å². The average molecular weight is 307 g/mol. The summed E-state index contributed by atoms with van der Waals surface area (Å²) in [6.45, 7) is 0. The Labute approximate surface area is 106 Å². The molecule has 1 rings (SSSR count). The number of halogens is 2. The molecule has 3 N–H and O–H groups in total. The lowest BCUT2D eigenvalue weighted by Gasteiger charge is -2.18. The van der Waals surface area contributed by atoms with Gasteiger partial charge >= 0.3 is 5.97 Å². The van der Waals surface area contributed by atoms with Gasteiger partial charge in [0.05, 0.1) is 11.7 Å². The van der Waals surface area contributed by atoms with Crippen molar-refractivity contribution in [2.75, 3.05) is 5.33 Å². The Morgan fingerprint density at radius 3 is 2.59 bits per heavy atom. The van der Waals surface area contributed by atoms with Gasteiger partial charge in [-0.3, -0.25) is 0 Å². The van der Waals surface area contributed by atoms with Crippen molar-refractivity contribution in [2.45, 2.75) is 18.6 Å². The fraction of sp³-hybridized carbons (Fsp3) is 0.364. The fourth-order valence-corrected chi connectivity index (χ4v) is 1.85. The molecule has 0 amide bonds. The first-order chi connectivity index (χ1) is 7.97. The molecule has 0 saturated heterocycles. The third kappa shape index (κ3) is 3.49. The van der Waals surface area contributed by atoms with E-state index in [1.165, 1.54) is 0 Å². The molecular weight excluding hydrogens is 295 g/mol. The molecular formula is C11H12BrFO4. The summed E-state index contributed by atoms with van der Waals surface area (Å²) in [5.41, 5.74) is -0.343. The van der Waals surface area contributed by atoms with Gasteiger partial charge in [-0.15, -0.1) is 0 Å². The zero-order chi connectivity index (χ0) is 13.0. The fourth-order valence-electron chi connectivity index (χ4n) is 1.38. The highest BCUT2D eigenvalue weighted by Crippen LogP contribution is 2.23. The van der Waals surface area contributed by atoms with Gasteiger partial charge in [-0.2, -0.15) is 0 Å². The lowest BCUT2D eigenvalue weighted by atomic mass is 10.00. The molecule has 0 radical (unpaired) electrons. The maximum Gasteiger partial charge on any atom is 0.335 e. The van der Waals surface area contributed by atoms with Gasteiger partial charge in [0, 0.05) is 10.9 Å². The molecule has 1 aromatic rings. The highest BCUT2D eigenvalue weighted by Gasteiger charge is 2.22. The molecule has 2 atom stereocenters. The lowest BCUT2D eigenvalue weighted by molar-refractivity contribution is 0.0152. The van der Waals surface area contributed by atoms with Gasteiger partial charge in [0.1, 0.15) is 11.9 Å². The Bertz CT molecular complexity index is 410. The number of carbonyl (C=O) groups is 1. The number of carboxylic acids is 1.